The van der Waals surface area contributed by atoms with Crippen molar-refractivity contribution in [2.24, 2.45) is 0 Å². The largest absolute Gasteiger partial charge is 0.468 e. The van der Waals surface area contributed by atoms with Gasteiger partial charge >= 0.3 is 0 Å². The van der Waals surface area contributed by atoms with Gasteiger partial charge in [-0.2, -0.15) is 0 Å². The van der Waals surface area contributed by atoms with Crippen LogP contribution in [0, 0.1) is 6.92 Å². The Balaban J connectivity index is 2.35. The second-order valence-electron chi connectivity index (χ2n) is 3.15. The molecule has 0 spiro atoms. The molecule has 0 aliphatic carbocycles. The van der Waals surface area contributed by atoms with Crippen molar-refractivity contribution in [3.8, 4) is 0 Å². The predicted molar refractivity (Wildman–Crippen MR) is 58.7 cm³/mol. The molecular weight excluding hydrogens is 198 g/mol. The fraction of sp³-hybridized carbons (Fsp3) is 0.600. The van der Waals surface area contributed by atoms with E-state index in [1.807, 2.05) is 20.0 Å². The van der Waals surface area contributed by atoms with Crippen molar-refractivity contribution in [2.45, 2.75) is 24.3 Å². The van der Waals surface area contributed by atoms with Gasteiger partial charge in [0, 0.05) is 23.3 Å². The van der Waals surface area contributed by atoms with Gasteiger partial charge in [0.2, 0.25) is 0 Å². The van der Waals surface area contributed by atoms with Gasteiger partial charge in [-0.25, -0.2) is 0 Å². The highest BCUT2D eigenvalue weighted by molar-refractivity contribution is 7.99. The lowest BCUT2D eigenvalue weighted by Crippen LogP contribution is -2.28. The monoisotopic (exact) mass is 215 g/mol. The zero-order valence-electron chi connectivity index (χ0n) is 8.62. The number of rotatable bonds is 6. The van der Waals surface area contributed by atoms with Crippen LogP contribution >= 0.6 is 11.8 Å². The molecule has 0 radical (unpaired) electrons. The number of aliphatic hydroxyl groups excluding tert-OH is 1. The van der Waals surface area contributed by atoms with Crippen LogP contribution in [0.4, 0.5) is 0 Å². The van der Waals surface area contributed by atoms with Crippen molar-refractivity contribution in [1.29, 1.82) is 0 Å². The Morgan fingerprint density at radius 3 is 2.93 bits per heavy atom. The van der Waals surface area contributed by atoms with E-state index in [1.165, 1.54) is 4.90 Å². The molecule has 1 unspecified atom stereocenters. The molecule has 1 rings (SSSR count). The first-order valence-corrected chi connectivity index (χ1v) is 5.71. The van der Waals surface area contributed by atoms with Crippen LogP contribution in [0.2, 0.25) is 0 Å². The van der Waals surface area contributed by atoms with Crippen LogP contribution < -0.4 is 5.32 Å². The third-order valence-corrected chi connectivity index (χ3v) is 3.44. The first-order chi connectivity index (χ1) is 6.77. The summed E-state index contributed by atoms with van der Waals surface area (Å²) in [5.74, 6) is 1.92. The van der Waals surface area contributed by atoms with E-state index >= 15 is 0 Å². The molecule has 2 N–H and O–H groups in total. The minimum atomic E-state index is 0.233. The van der Waals surface area contributed by atoms with Crippen molar-refractivity contribution >= 4 is 11.8 Å². The van der Waals surface area contributed by atoms with Crippen molar-refractivity contribution in [1.82, 2.24) is 5.32 Å². The SMILES string of the molecule is CNC(CCO)CSc1ccoc1C. The highest BCUT2D eigenvalue weighted by Gasteiger charge is 2.08. The number of hydrogen-bond donors (Lipinski definition) is 2. The quantitative estimate of drug-likeness (QED) is 0.708. The molecule has 14 heavy (non-hydrogen) atoms. The molecule has 1 aromatic heterocycles. The van der Waals surface area contributed by atoms with Gasteiger partial charge in [-0.15, -0.1) is 11.8 Å². The van der Waals surface area contributed by atoms with Crippen molar-refractivity contribution in [3.63, 3.8) is 0 Å². The Bertz CT molecular complexity index is 262. The summed E-state index contributed by atoms with van der Waals surface area (Å²) in [4.78, 5) is 1.18. The molecule has 0 saturated carbocycles. The van der Waals surface area contributed by atoms with Crippen LogP contribution in [0.15, 0.2) is 21.6 Å². The van der Waals surface area contributed by atoms with E-state index < -0.39 is 0 Å². The lowest BCUT2D eigenvalue weighted by molar-refractivity contribution is 0.273. The van der Waals surface area contributed by atoms with Gasteiger partial charge in [0.05, 0.1) is 6.26 Å². The van der Waals surface area contributed by atoms with Crippen LogP contribution in [0.3, 0.4) is 0 Å². The van der Waals surface area contributed by atoms with E-state index in [0.29, 0.717) is 6.04 Å². The van der Waals surface area contributed by atoms with Crippen molar-refractivity contribution in [3.05, 3.63) is 18.1 Å². The Morgan fingerprint density at radius 2 is 2.43 bits per heavy atom. The Hall–Kier alpha value is -0.450. The van der Waals surface area contributed by atoms with E-state index in [9.17, 15) is 0 Å². The number of hydrogen-bond acceptors (Lipinski definition) is 4. The van der Waals surface area contributed by atoms with Crippen LogP contribution in [0.1, 0.15) is 12.2 Å². The molecule has 0 amide bonds. The fourth-order valence-corrected chi connectivity index (χ4v) is 2.30. The predicted octanol–water partition coefficient (Wildman–Crippen LogP) is 1.65. The van der Waals surface area contributed by atoms with E-state index in [4.69, 9.17) is 9.52 Å². The number of thioether (sulfide) groups is 1. The van der Waals surface area contributed by atoms with Crippen LogP contribution in [0.25, 0.3) is 0 Å². The Morgan fingerprint density at radius 1 is 1.64 bits per heavy atom. The van der Waals surface area contributed by atoms with E-state index in [0.717, 1.165) is 17.9 Å². The molecule has 4 heteroatoms. The van der Waals surface area contributed by atoms with Crippen molar-refractivity contribution in [2.75, 3.05) is 19.4 Å². The summed E-state index contributed by atoms with van der Waals surface area (Å²) in [6.45, 7) is 2.19. The summed E-state index contributed by atoms with van der Waals surface area (Å²) in [7, 11) is 1.92. The van der Waals surface area contributed by atoms with Gasteiger partial charge in [-0.05, 0) is 26.5 Å². The lowest BCUT2D eigenvalue weighted by atomic mass is 10.2. The number of furan rings is 1. The lowest BCUT2D eigenvalue weighted by Gasteiger charge is -2.13. The van der Waals surface area contributed by atoms with Gasteiger partial charge in [-0.3, -0.25) is 0 Å². The minimum Gasteiger partial charge on any atom is -0.468 e. The summed E-state index contributed by atoms with van der Waals surface area (Å²) in [5.41, 5.74) is 0. The van der Waals surface area contributed by atoms with Crippen molar-refractivity contribution < 1.29 is 9.52 Å². The van der Waals surface area contributed by atoms with E-state index in [-0.39, 0.29) is 6.61 Å². The molecule has 0 aliphatic rings. The van der Waals surface area contributed by atoms with Crippen LogP contribution in [-0.2, 0) is 0 Å². The third kappa shape index (κ3) is 3.36. The second kappa shape index (κ2) is 6.11. The smallest absolute Gasteiger partial charge is 0.114 e. The average molecular weight is 215 g/mol. The highest BCUT2D eigenvalue weighted by atomic mass is 32.2. The van der Waals surface area contributed by atoms with E-state index in [1.54, 1.807) is 18.0 Å². The molecule has 1 aromatic rings. The van der Waals surface area contributed by atoms with Gasteiger partial charge in [0.15, 0.2) is 0 Å². The molecule has 0 aromatic carbocycles. The maximum atomic E-state index is 8.81. The molecule has 1 atom stereocenters. The maximum absolute atomic E-state index is 8.81. The average Bonchev–Trinajstić information content (AvgIpc) is 2.59. The van der Waals surface area contributed by atoms with Gasteiger partial charge in [-0.1, -0.05) is 0 Å². The van der Waals surface area contributed by atoms with Gasteiger partial charge in [0.25, 0.3) is 0 Å². The molecule has 0 saturated heterocycles. The molecule has 1 heterocycles. The van der Waals surface area contributed by atoms with Crippen LogP contribution in [0.5, 0.6) is 0 Å². The Labute approximate surface area is 88.9 Å². The topological polar surface area (TPSA) is 45.4 Å². The highest BCUT2D eigenvalue weighted by Crippen LogP contribution is 2.23. The zero-order valence-corrected chi connectivity index (χ0v) is 9.43. The molecule has 0 fully saturated rings. The second-order valence-corrected chi connectivity index (χ2v) is 4.21. The number of aliphatic hydroxyl groups is 1. The fourth-order valence-electron chi connectivity index (χ4n) is 1.18. The number of aryl methyl sites for hydroxylation is 1. The normalized spacial score (nSPS) is 13.1. The minimum absolute atomic E-state index is 0.233. The maximum Gasteiger partial charge on any atom is 0.114 e. The summed E-state index contributed by atoms with van der Waals surface area (Å²) in [6.07, 6.45) is 2.50. The summed E-state index contributed by atoms with van der Waals surface area (Å²) >= 11 is 1.76. The first kappa shape index (κ1) is 11.6. The summed E-state index contributed by atoms with van der Waals surface area (Å²) < 4.78 is 5.20. The molecule has 0 aliphatic heterocycles. The number of nitrogens with one attached hydrogen (secondary N) is 1. The molecule has 80 valence electrons. The van der Waals surface area contributed by atoms with Crippen LogP contribution in [-0.4, -0.2) is 30.6 Å². The summed E-state index contributed by atoms with van der Waals surface area (Å²) in [6, 6.07) is 2.34. The van der Waals surface area contributed by atoms with Gasteiger partial charge in [0.1, 0.15) is 5.76 Å². The van der Waals surface area contributed by atoms with E-state index in [2.05, 4.69) is 5.32 Å². The standard InChI is InChI=1S/C10H17NO2S/c1-8-10(4-6-13-8)14-7-9(11-2)3-5-12/h4,6,9,11-12H,3,5,7H2,1-2H3. The molecule has 0 bridgehead atoms. The molecule has 3 nitrogen and oxygen atoms in total. The first-order valence-electron chi connectivity index (χ1n) is 4.73. The third-order valence-electron chi connectivity index (χ3n) is 2.14. The molecular formula is C10H17NO2S. The zero-order chi connectivity index (χ0) is 10.4. The Kier molecular flexibility index (Phi) is 5.07. The summed E-state index contributed by atoms with van der Waals surface area (Å²) in [5, 5.41) is 12.0. The van der Waals surface area contributed by atoms with Gasteiger partial charge < -0.3 is 14.8 Å².